The third-order valence-corrected chi connectivity index (χ3v) is 6.87. The standard InChI is InChI=1S/C24H25F4N3O2/c25-19-3-1-2-4-21(19)30-7-8-31-20-6-5-17(24(26,27)28)13-16(20)14-18(22(31)15-30)23(32)29-9-11-33-12-10-29/h1-6,13,18,22H,7-12,14-15H2/t18-,22+/m0/s1. The van der Waals surface area contributed by atoms with E-state index >= 15 is 0 Å². The van der Waals surface area contributed by atoms with Gasteiger partial charge in [0, 0.05) is 38.4 Å². The van der Waals surface area contributed by atoms with Crippen LogP contribution in [0.25, 0.3) is 0 Å². The first-order chi connectivity index (χ1) is 15.8. The number of alkyl halides is 3. The second kappa shape index (κ2) is 8.52. The van der Waals surface area contributed by atoms with Crippen LogP contribution in [-0.4, -0.2) is 62.8 Å². The largest absolute Gasteiger partial charge is 0.416 e. The van der Waals surface area contributed by atoms with E-state index in [9.17, 15) is 22.4 Å². The molecule has 9 heteroatoms. The fourth-order valence-corrected chi connectivity index (χ4v) is 5.23. The number of amides is 1. The number of ether oxygens (including phenoxy) is 1. The minimum absolute atomic E-state index is 0.0771. The molecular weight excluding hydrogens is 438 g/mol. The zero-order chi connectivity index (χ0) is 23.2. The normalized spacial score (nSPS) is 23.2. The van der Waals surface area contributed by atoms with Crippen molar-refractivity contribution >= 4 is 17.3 Å². The smallest absolute Gasteiger partial charge is 0.378 e. The molecule has 0 aromatic heterocycles. The third kappa shape index (κ3) is 4.14. The molecule has 0 bridgehead atoms. The molecule has 3 aliphatic rings. The van der Waals surface area contributed by atoms with Gasteiger partial charge in [-0.05, 0) is 42.3 Å². The maximum absolute atomic E-state index is 14.5. The van der Waals surface area contributed by atoms with Crippen molar-refractivity contribution in [3.8, 4) is 0 Å². The number of rotatable bonds is 2. The molecule has 3 heterocycles. The van der Waals surface area contributed by atoms with E-state index in [2.05, 4.69) is 0 Å². The molecule has 0 spiro atoms. The summed E-state index contributed by atoms with van der Waals surface area (Å²) in [7, 11) is 0. The predicted octanol–water partition coefficient (Wildman–Crippen LogP) is 3.57. The fourth-order valence-electron chi connectivity index (χ4n) is 5.23. The van der Waals surface area contributed by atoms with Gasteiger partial charge in [-0.3, -0.25) is 4.79 Å². The van der Waals surface area contributed by atoms with Crippen LogP contribution < -0.4 is 9.80 Å². The number of nitrogens with zero attached hydrogens (tertiary/aromatic N) is 3. The number of fused-ring (bicyclic) bond motifs is 3. The molecule has 0 aliphatic carbocycles. The van der Waals surface area contributed by atoms with Crippen LogP contribution in [0.15, 0.2) is 42.5 Å². The molecule has 0 unspecified atom stereocenters. The Hall–Kier alpha value is -2.81. The first kappa shape index (κ1) is 22.0. The Balaban J connectivity index is 1.50. The Bertz CT molecular complexity index is 1040. The lowest BCUT2D eigenvalue weighted by molar-refractivity contribution is -0.140. The summed E-state index contributed by atoms with van der Waals surface area (Å²) in [6, 6.07) is 10.1. The first-order valence-electron chi connectivity index (χ1n) is 11.2. The number of hydrogen-bond acceptors (Lipinski definition) is 4. The van der Waals surface area contributed by atoms with E-state index in [1.54, 1.807) is 23.1 Å². The highest BCUT2D eigenvalue weighted by molar-refractivity contribution is 5.82. The molecule has 0 saturated carbocycles. The SMILES string of the molecule is O=C([C@H]1Cc2cc(C(F)(F)F)ccc2N2CCN(c3ccccc3F)C[C@H]12)N1CCOCC1. The second-order valence-electron chi connectivity index (χ2n) is 8.75. The molecule has 0 radical (unpaired) electrons. The van der Waals surface area contributed by atoms with Gasteiger partial charge in [0.25, 0.3) is 0 Å². The van der Waals surface area contributed by atoms with Crippen LogP contribution in [0, 0.1) is 11.7 Å². The van der Waals surface area contributed by atoms with Crippen LogP contribution in [0.4, 0.5) is 28.9 Å². The lowest BCUT2D eigenvalue weighted by atomic mass is 9.82. The quantitative estimate of drug-likeness (QED) is 0.639. The minimum Gasteiger partial charge on any atom is -0.378 e. The maximum Gasteiger partial charge on any atom is 0.416 e. The Morgan fingerprint density at radius 2 is 1.73 bits per heavy atom. The topological polar surface area (TPSA) is 36.0 Å². The number of carbonyl (C=O) groups excluding carboxylic acids is 1. The van der Waals surface area contributed by atoms with Gasteiger partial charge in [0.1, 0.15) is 5.82 Å². The molecule has 2 aromatic rings. The van der Waals surface area contributed by atoms with Gasteiger partial charge >= 0.3 is 6.18 Å². The van der Waals surface area contributed by atoms with Gasteiger partial charge in [-0.25, -0.2) is 4.39 Å². The Morgan fingerprint density at radius 1 is 0.970 bits per heavy atom. The van der Waals surface area contributed by atoms with E-state index in [-0.39, 0.29) is 24.2 Å². The lowest BCUT2D eigenvalue weighted by Crippen LogP contribution is -2.62. The molecule has 1 amide bonds. The lowest BCUT2D eigenvalue weighted by Gasteiger charge is -2.50. The monoisotopic (exact) mass is 463 g/mol. The summed E-state index contributed by atoms with van der Waals surface area (Å²) in [6.07, 6.45) is -4.22. The summed E-state index contributed by atoms with van der Waals surface area (Å²) in [4.78, 5) is 19.3. The molecule has 2 saturated heterocycles. The van der Waals surface area contributed by atoms with E-state index in [1.165, 1.54) is 18.2 Å². The summed E-state index contributed by atoms with van der Waals surface area (Å²) in [5.41, 5.74) is 1.04. The van der Waals surface area contributed by atoms with Gasteiger partial charge < -0.3 is 19.4 Å². The number of anilines is 2. The number of benzene rings is 2. The van der Waals surface area contributed by atoms with Crippen LogP contribution in [0.2, 0.25) is 0 Å². The van der Waals surface area contributed by atoms with Gasteiger partial charge in [0.2, 0.25) is 5.91 Å². The fraction of sp³-hybridized carbons (Fsp3) is 0.458. The van der Waals surface area contributed by atoms with Crippen molar-refractivity contribution < 1.29 is 27.1 Å². The van der Waals surface area contributed by atoms with Crippen LogP contribution in [0.1, 0.15) is 11.1 Å². The van der Waals surface area contributed by atoms with E-state index in [0.29, 0.717) is 57.2 Å². The van der Waals surface area contributed by atoms with Crippen molar-refractivity contribution in [1.82, 2.24) is 4.90 Å². The van der Waals surface area contributed by atoms with Crippen LogP contribution in [0.5, 0.6) is 0 Å². The van der Waals surface area contributed by atoms with Crippen LogP contribution >= 0.6 is 0 Å². The number of halogens is 4. The molecule has 2 atom stereocenters. The second-order valence-corrected chi connectivity index (χ2v) is 8.75. The van der Waals surface area contributed by atoms with Crippen LogP contribution in [-0.2, 0) is 22.1 Å². The molecule has 5 nitrogen and oxygen atoms in total. The average Bonchev–Trinajstić information content (AvgIpc) is 2.82. The molecule has 2 fully saturated rings. The summed E-state index contributed by atoms with van der Waals surface area (Å²) >= 11 is 0. The van der Waals surface area contributed by atoms with Gasteiger partial charge in [-0.2, -0.15) is 13.2 Å². The average molecular weight is 463 g/mol. The summed E-state index contributed by atoms with van der Waals surface area (Å²) in [6.45, 7) is 3.25. The summed E-state index contributed by atoms with van der Waals surface area (Å²) in [5, 5.41) is 0. The molecule has 176 valence electrons. The van der Waals surface area contributed by atoms with Crippen molar-refractivity contribution in [3.63, 3.8) is 0 Å². The number of morpholine rings is 1. The van der Waals surface area contributed by atoms with E-state index in [0.717, 1.165) is 11.8 Å². The van der Waals surface area contributed by atoms with Gasteiger partial charge in [-0.15, -0.1) is 0 Å². The minimum atomic E-state index is -4.45. The van der Waals surface area contributed by atoms with Gasteiger partial charge in [0.15, 0.2) is 0 Å². The zero-order valence-corrected chi connectivity index (χ0v) is 18.0. The summed E-state index contributed by atoms with van der Waals surface area (Å²) in [5.74, 6) is -0.923. The number of para-hydroxylation sites is 1. The molecule has 0 N–H and O–H groups in total. The predicted molar refractivity (Wildman–Crippen MR) is 116 cm³/mol. The Kier molecular flexibility index (Phi) is 5.68. The van der Waals surface area contributed by atoms with Crippen molar-refractivity contribution in [3.05, 3.63) is 59.4 Å². The third-order valence-electron chi connectivity index (χ3n) is 6.87. The molecular formula is C24H25F4N3O2. The van der Waals surface area contributed by atoms with Gasteiger partial charge in [-0.1, -0.05) is 12.1 Å². The molecule has 33 heavy (non-hydrogen) atoms. The van der Waals surface area contributed by atoms with Crippen molar-refractivity contribution in [2.75, 3.05) is 55.7 Å². The van der Waals surface area contributed by atoms with E-state index in [4.69, 9.17) is 4.74 Å². The Morgan fingerprint density at radius 3 is 2.45 bits per heavy atom. The van der Waals surface area contributed by atoms with Crippen molar-refractivity contribution in [2.45, 2.75) is 18.6 Å². The van der Waals surface area contributed by atoms with E-state index in [1.807, 2.05) is 9.80 Å². The van der Waals surface area contributed by atoms with Crippen molar-refractivity contribution in [1.29, 1.82) is 0 Å². The maximum atomic E-state index is 14.5. The highest BCUT2D eigenvalue weighted by Crippen LogP contribution is 2.41. The molecule has 3 aliphatic heterocycles. The summed E-state index contributed by atoms with van der Waals surface area (Å²) < 4.78 is 60.0. The number of carbonyl (C=O) groups is 1. The van der Waals surface area contributed by atoms with E-state index < -0.39 is 17.7 Å². The van der Waals surface area contributed by atoms with Gasteiger partial charge in [0.05, 0.1) is 36.4 Å². The zero-order valence-electron chi connectivity index (χ0n) is 18.0. The highest BCUT2D eigenvalue weighted by atomic mass is 19.4. The molecule has 5 rings (SSSR count). The highest BCUT2D eigenvalue weighted by Gasteiger charge is 2.44. The Labute approximate surface area is 189 Å². The van der Waals surface area contributed by atoms with Crippen LogP contribution in [0.3, 0.4) is 0 Å². The number of hydrogen-bond donors (Lipinski definition) is 0. The first-order valence-corrected chi connectivity index (χ1v) is 11.2. The van der Waals surface area contributed by atoms with Crippen molar-refractivity contribution in [2.24, 2.45) is 5.92 Å². The number of piperazine rings is 1. The molecule has 2 aromatic carbocycles.